The summed E-state index contributed by atoms with van der Waals surface area (Å²) in [6, 6.07) is -0.330. The van der Waals surface area contributed by atoms with Crippen LogP contribution in [-0.4, -0.2) is 30.9 Å². The second-order valence-electron chi connectivity index (χ2n) is 4.98. The van der Waals surface area contributed by atoms with E-state index in [1.807, 2.05) is 0 Å². The van der Waals surface area contributed by atoms with E-state index in [1.165, 1.54) is 19.3 Å². The highest BCUT2D eigenvalue weighted by Gasteiger charge is 2.21. The van der Waals surface area contributed by atoms with Crippen molar-refractivity contribution in [2.45, 2.75) is 58.4 Å². The van der Waals surface area contributed by atoms with E-state index in [2.05, 4.69) is 5.32 Å². The van der Waals surface area contributed by atoms with Crippen LogP contribution in [0, 0.1) is 5.92 Å². The Morgan fingerprint density at radius 3 is 2.56 bits per heavy atom. The van der Waals surface area contributed by atoms with E-state index < -0.39 is 0 Å². The predicted octanol–water partition coefficient (Wildman–Crippen LogP) is 2.07. The van der Waals surface area contributed by atoms with Gasteiger partial charge >= 0.3 is 5.97 Å². The summed E-state index contributed by atoms with van der Waals surface area (Å²) in [7, 11) is 0. The summed E-state index contributed by atoms with van der Waals surface area (Å²) in [4.78, 5) is 23.3. The lowest BCUT2D eigenvalue weighted by Gasteiger charge is -2.20. The van der Waals surface area contributed by atoms with Crippen LogP contribution in [0.5, 0.6) is 0 Å². The summed E-state index contributed by atoms with van der Waals surface area (Å²) in [5.74, 6) is 0.360. The summed E-state index contributed by atoms with van der Waals surface area (Å²) in [6.07, 6.45) is 6.25. The van der Waals surface area contributed by atoms with Gasteiger partial charge in [-0.3, -0.25) is 9.59 Å². The van der Waals surface area contributed by atoms with E-state index in [-0.39, 0.29) is 17.9 Å². The molecular weight excluding hydrogens is 230 g/mol. The van der Waals surface area contributed by atoms with Gasteiger partial charge in [0.25, 0.3) is 0 Å². The van der Waals surface area contributed by atoms with Crippen molar-refractivity contribution in [3.05, 3.63) is 0 Å². The third-order valence-corrected chi connectivity index (χ3v) is 3.52. The molecule has 1 aliphatic rings. The summed E-state index contributed by atoms with van der Waals surface area (Å²) in [5.41, 5.74) is 0. The second kappa shape index (κ2) is 8.25. The molecule has 104 valence electrons. The summed E-state index contributed by atoms with van der Waals surface area (Å²) < 4.78 is 4.89. The van der Waals surface area contributed by atoms with E-state index in [9.17, 15) is 9.59 Å². The maximum atomic E-state index is 11.9. The maximum absolute atomic E-state index is 11.9. The third kappa shape index (κ3) is 5.17. The number of nitrogens with one attached hydrogen (secondary N) is 1. The van der Waals surface area contributed by atoms with Crippen LogP contribution in [0.2, 0.25) is 0 Å². The smallest absolute Gasteiger partial charge is 0.322 e. The molecule has 4 heteroatoms. The predicted molar refractivity (Wildman–Crippen MR) is 70.3 cm³/mol. The molecule has 1 N–H and O–H groups in total. The van der Waals surface area contributed by atoms with E-state index in [0.29, 0.717) is 25.4 Å². The number of carbonyl (C=O) groups is 2. The lowest BCUT2D eigenvalue weighted by molar-refractivity contribution is -0.145. The molecule has 1 aliphatic carbocycles. The van der Waals surface area contributed by atoms with E-state index in [4.69, 9.17) is 4.74 Å². The molecule has 0 aromatic heterocycles. The average molecular weight is 255 g/mol. The Morgan fingerprint density at radius 2 is 1.94 bits per heavy atom. The molecule has 0 saturated heterocycles. The van der Waals surface area contributed by atoms with Gasteiger partial charge in [-0.15, -0.1) is 0 Å². The number of rotatable bonds is 7. The molecule has 18 heavy (non-hydrogen) atoms. The van der Waals surface area contributed by atoms with Crippen molar-refractivity contribution in [1.82, 2.24) is 5.32 Å². The van der Waals surface area contributed by atoms with Crippen molar-refractivity contribution >= 4 is 11.8 Å². The summed E-state index contributed by atoms with van der Waals surface area (Å²) in [6.45, 7) is 4.52. The first-order chi connectivity index (χ1) is 8.65. The summed E-state index contributed by atoms with van der Waals surface area (Å²) >= 11 is 0. The normalized spacial score (nSPS) is 18.3. The minimum Gasteiger partial charge on any atom is -0.465 e. The van der Waals surface area contributed by atoms with Crippen LogP contribution < -0.4 is 5.32 Å². The Bertz CT molecular complexity index is 272. The van der Waals surface area contributed by atoms with Crippen LogP contribution in [0.15, 0.2) is 0 Å². The highest BCUT2D eigenvalue weighted by atomic mass is 16.5. The molecule has 0 aromatic carbocycles. The number of Topliss-reactive ketones (excluding diaryl/α,β-unsaturated/α-hetero) is 1. The first-order valence-corrected chi connectivity index (χ1v) is 7.08. The molecule has 1 fully saturated rings. The number of hydrogen-bond donors (Lipinski definition) is 1. The largest absolute Gasteiger partial charge is 0.465 e. The van der Waals surface area contributed by atoms with Crippen molar-refractivity contribution in [3.8, 4) is 0 Å². The molecule has 0 bridgehead atoms. The van der Waals surface area contributed by atoms with Gasteiger partial charge in [0.05, 0.1) is 6.61 Å². The third-order valence-electron chi connectivity index (χ3n) is 3.52. The fraction of sp³-hybridized carbons (Fsp3) is 0.857. The fourth-order valence-electron chi connectivity index (χ4n) is 2.39. The molecule has 0 radical (unpaired) electrons. The maximum Gasteiger partial charge on any atom is 0.322 e. The lowest BCUT2D eigenvalue weighted by atomic mass is 9.85. The van der Waals surface area contributed by atoms with E-state index in [1.54, 1.807) is 13.8 Å². The van der Waals surface area contributed by atoms with Gasteiger partial charge in [-0.2, -0.15) is 0 Å². The van der Waals surface area contributed by atoms with Crippen LogP contribution in [0.1, 0.15) is 52.4 Å². The van der Waals surface area contributed by atoms with E-state index in [0.717, 1.165) is 12.8 Å². The number of ketones is 1. The zero-order chi connectivity index (χ0) is 13.4. The fourth-order valence-corrected chi connectivity index (χ4v) is 2.39. The van der Waals surface area contributed by atoms with Gasteiger partial charge in [-0.1, -0.05) is 19.3 Å². The molecule has 1 atom stereocenters. The summed E-state index contributed by atoms with van der Waals surface area (Å²) in [5, 5.41) is 3.04. The molecule has 4 nitrogen and oxygen atoms in total. The van der Waals surface area contributed by atoms with Crippen molar-refractivity contribution in [3.63, 3.8) is 0 Å². The Balaban J connectivity index is 2.16. The molecule has 0 aliphatic heterocycles. The second-order valence-corrected chi connectivity index (χ2v) is 4.98. The van der Waals surface area contributed by atoms with Gasteiger partial charge in [0, 0.05) is 18.9 Å². The van der Waals surface area contributed by atoms with Crippen LogP contribution in [0.4, 0.5) is 0 Å². The van der Waals surface area contributed by atoms with Gasteiger partial charge in [0.2, 0.25) is 0 Å². The van der Waals surface area contributed by atoms with Crippen LogP contribution in [-0.2, 0) is 14.3 Å². The lowest BCUT2D eigenvalue weighted by Crippen LogP contribution is -2.37. The van der Waals surface area contributed by atoms with Gasteiger partial charge in [0.15, 0.2) is 0 Å². The number of ether oxygens (including phenoxy) is 1. The Kier molecular flexibility index (Phi) is 6.94. The van der Waals surface area contributed by atoms with Crippen molar-refractivity contribution in [2.24, 2.45) is 5.92 Å². The van der Waals surface area contributed by atoms with Gasteiger partial charge in [-0.25, -0.2) is 0 Å². The van der Waals surface area contributed by atoms with Gasteiger partial charge in [0.1, 0.15) is 11.8 Å². The Morgan fingerprint density at radius 1 is 1.28 bits per heavy atom. The highest BCUT2D eigenvalue weighted by molar-refractivity contribution is 5.81. The zero-order valence-electron chi connectivity index (χ0n) is 11.5. The van der Waals surface area contributed by atoms with Crippen LogP contribution in [0.3, 0.4) is 0 Å². The first-order valence-electron chi connectivity index (χ1n) is 7.08. The minimum absolute atomic E-state index is 0.248. The van der Waals surface area contributed by atoms with Gasteiger partial charge in [-0.05, 0) is 26.7 Å². The standard InChI is InChI=1S/C14H25NO3/c1-3-18-14(17)11(2)15-10-9-13(16)12-7-5-4-6-8-12/h11-12,15H,3-10H2,1-2H3. The zero-order valence-corrected chi connectivity index (χ0v) is 11.5. The number of carbonyl (C=O) groups excluding carboxylic acids is 2. The minimum atomic E-state index is -0.330. The first kappa shape index (κ1) is 15.2. The van der Waals surface area contributed by atoms with Crippen molar-refractivity contribution in [1.29, 1.82) is 0 Å². The SMILES string of the molecule is CCOC(=O)C(C)NCCC(=O)C1CCCCC1. The Labute approximate surface area is 109 Å². The van der Waals surface area contributed by atoms with Crippen LogP contribution >= 0.6 is 0 Å². The van der Waals surface area contributed by atoms with Crippen molar-refractivity contribution in [2.75, 3.05) is 13.2 Å². The Hall–Kier alpha value is -0.900. The molecule has 0 aromatic rings. The molecule has 1 rings (SSSR count). The highest BCUT2D eigenvalue weighted by Crippen LogP contribution is 2.24. The molecule has 0 heterocycles. The molecular formula is C14H25NO3. The topological polar surface area (TPSA) is 55.4 Å². The van der Waals surface area contributed by atoms with E-state index >= 15 is 0 Å². The average Bonchev–Trinajstić information content (AvgIpc) is 2.39. The molecule has 1 unspecified atom stereocenters. The number of hydrogen-bond acceptors (Lipinski definition) is 4. The van der Waals surface area contributed by atoms with Crippen LogP contribution in [0.25, 0.3) is 0 Å². The molecule has 0 amide bonds. The molecule has 1 saturated carbocycles. The quantitative estimate of drug-likeness (QED) is 0.708. The molecule has 0 spiro atoms. The van der Waals surface area contributed by atoms with Crippen molar-refractivity contribution < 1.29 is 14.3 Å². The monoisotopic (exact) mass is 255 g/mol. The van der Waals surface area contributed by atoms with Gasteiger partial charge < -0.3 is 10.1 Å². The number of esters is 1.